The van der Waals surface area contributed by atoms with Gasteiger partial charge < -0.3 is 33.3 Å². The Hall–Kier alpha value is -4.88. The van der Waals surface area contributed by atoms with Gasteiger partial charge in [-0.3, -0.25) is 0 Å². The summed E-state index contributed by atoms with van der Waals surface area (Å²) >= 11 is 16.1. The number of benzene rings is 4. The number of phenolic OH excluding ortho intramolecular Hbond substituents is 1. The molecule has 87 heavy (non-hydrogen) atoms. The molecule has 16 heteroatoms. The molecule has 464 valence electrons. The molecule has 0 spiro atoms. The summed E-state index contributed by atoms with van der Waals surface area (Å²) in [5.41, 5.74) is 10.7. The molecule has 4 aromatic rings. The molecule has 10 fully saturated rings. The Bertz CT molecular complexity index is 3160. The molecule has 2 saturated heterocycles. The van der Waals surface area contributed by atoms with Gasteiger partial charge in [-0.2, -0.15) is 19.2 Å². The topological polar surface area (TPSA) is 144 Å². The number of alkyl halides is 1. The molecule has 8 saturated carbocycles. The van der Waals surface area contributed by atoms with Crippen molar-refractivity contribution in [1.82, 2.24) is 0 Å². The van der Waals surface area contributed by atoms with E-state index >= 15 is 0 Å². The van der Waals surface area contributed by atoms with Gasteiger partial charge in [0.15, 0.2) is 0 Å². The van der Waals surface area contributed by atoms with Crippen LogP contribution >= 0.6 is 45.8 Å². The second-order valence-corrected chi connectivity index (χ2v) is 28.7. The Labute approximate surface area is 541 Å². The van der Waals surface area contributed by atoms with E-state index in [9.17, 15) is 5.11 Å². The van der Waals surface area contributed by atoms with Crippen LogP contribution < -0.4 is 15.7 Å². The molecule has 11 nitrogen and oxygen atoms in total. The minimum atomic E-state index is -0.377. The summed E-state index contributed by atoms with van der Waals surface area (Å²) in [4.78, 5) is 32.5. The summed E-state index contributed by atoms with van der Waals surface area (Å²) in [6.45, 7) is 21.9. The van der Waals surface area contributed by atoms with Crippen LogP contribution in [-0.2, 0) is 53.6 Å². The van der Waals surface area contributed by atoms with E-state index in [2.05, 4.69) is 145 Å². The lowest BCUT2D eigenvalue weighted by Crippen LogP contribution is -2.41. The van der Waals surface area contributed by atoms with Gasteiger partial charge in [0.2, 0.25) is 0 Å². The maximum atomic E-state index is 10.4. The van der Waals surface area contributed by atoms with Crippen LogP contribution in [0.25, 0.3) is 23.7 Å². The van der Waals surface area contributed by atoms with E-state index in [4.69, 9.17) is 70.6 Å². The second kappa shape index (κ2) is 28.9. The van der Waals surface area contributed by atoms with Crippen molar-refractivity contribution in [1.29, 1.82) is 0 Å². The molecule has 0 unspecified atom stereocenters. The molecular formula is C71H87B2Cl2IO11. The number of allylic oxidation sites excluding steroid dienone is 4. The molecule has 0 aromatic heterocycles. The summed E-state index contributed by atoms with van der Waals surface area (Å²) in [7, 11) is 3.16. The average Bonchev–Trinajstić information content (AvgIpc) is 2.31. The Kier molecular flexibility index (Phi) is 22.6. The van der Waals surface area contributed by atoms with Crippen LogP contribution in [0.15, 0.2) is 96.1 Å². The first-order valence-electron chi connectivity index (χ1n) is 31.0. The first-order chi connectivity index (χ1) is 41.4. The van der Waals surface area contributed by atoms with E-state index in [1.807, 2.05) is 44.2 Å². The van der Waals surface area contributed by atoms with Crippen LogP contribution in [0.1, 0.15) is 167 Å². The molecular weight excluding hydrogens is 1250 g/mol. The number of phenols is 1. The number of ether oxygens (including phenoxy) is 3. The van der Waals surface area contributed by atoms with Gasteiger partial charge in [0, 0.05) is 26.7 Å². The number of rotatable bonds is 12. The number of aromatic hydroxyl groups is 1. The zero-order chi connectivity index (χ0) is 63.2. The largest absolute Gasteiger partial charge is 0.506 e. The zero-order valence-electron chi connectivity index (χ0n) is 52.9. The maximum absolute atomic E-state index is 10.4. The van der Waals surface area contributed by atoms with Gasteiger partial charge in [-0.1, -0.05) is 145 Å². The van der Waals surface area contributed by atoms with Gasteiger partial charge in [0.1, 0.15) is 29.6 Å². The van der Waals surface area contributed by atoms with Crippen molar-refractivity contribution < 1.29 is 52.5 Å². The standard InChI is InChI=1S/C34H42BClO4.C21H25ClO2.C14H20BIO.2CO2/c1-7-8-24-11-14-28(32(37-6)29-25-16-22-15-23(18-25)19-26(29)17-22)30(36)31(24)38-20-21-9-12-27(13-10-21)35-39-33(2,3)34(4,5)40-35;1-3-4-14-5-6-17(19(22)20(14)23)21(24-2)18-15-8-12-7-13(10-15)11-16(18)9-12;1-13(2)10-15(17-14(13,3)4)12-7-5-11(9-16)6-8-12;2*2-1-3/h7-14,22-23,25-26H,15-20H2,1-6H3;3-6,12-13,15-16,23H,7-11H2,1-2H3;5-8H,9-10H2,1-4H3;;/b8-7+,32-29?;4-3+,21-18?;;;. The Morgan fingerprint density at radius 1 is 0.575 bits per heavy atom. The van der Waals surface area contributed by atoms with E-state index in [1.165, 1.54) is 86.4 Å². The van der Waals surface area contributed by atoms with Gasteiger partial charge >= 0.3 is 26.3 Å². The predicted octanol–water partition coefficient (Wildman–Crippen LogP) is 16.4. The first-order valence-corrected chi connectivity index (χ1v) is 33.2. The van der Waals surface area contributed by atoms with Crippen LogP contribution in [0, 0.1) is 52.8 Å². The van der Waals surface area contributed by atoms with Crippen molar-refractivity contribution >= 4 is 107 Å². The molecule has 0 atom stereocenters. The Balaban J connectivity index is 0.000000177. The lowest BCUT2D eigenvalue weighted by atomic mass is 9.54. The molecule has 1 N–H and O–H groups in total. The summed E-state index contributed by atoms with van der Waals surface area (Å²) in [6.07, 6.45) is 22.7. The third-order valence-corrected chi connectivity index (χ3v) is 22.2. The highest BCUT2D eigenvalue weighted by Gasteiger charge is 2.53. The third kappa shape index (κ3) is 15.0. The summed E-state index contributed by atoms with van der Waals surface area (Å²) in [6, 6.07) is 25.3. The highest BCUT2D eigenvalue weighted by Crippen LogP contribution is 2.60. The molecule has 2 heterocycles. The monoisotopic (exact) mass is 1330 g/mol. The Morgan fingerprint density at radius 2 is 0.977 bits per heavy atom. The van der Waals surface area contributed by atoms with Crippen molar-refractivity contribution in [2.75, 3.05) is 14.2 Å². The quantitative estimate of drug-likeness (QED) is 0.0626. The van der Waals surface area contributed by atoms with Gasteiger partial charge in [0.25, 0.3) is 0 Å². The normalized spacial score (nSPS) is 25.9. The number of hydrogen-bond acceptors (Lipinski definition) is 11. The van der Waals surface area contributed by atoms with Gasteiger partial charge in [-0.15, -0.1) is 0 Å². The molecule has 2 aliphatic heterocycles. The van der Waals surface area contributed by atoms with Crippen LogP contribution in [-0.4, -0.2) is 62.5 Å². The summed E-state index contributed by atoms with van der Waals surface area (Å²) in [5, 5.41) is 11.5. The molecule has 8 aliphatic carbocycles. The number of halogens is 3. The third-order valence-electron chi connectivity index (χ3n) is 20.6. The minimum absolute atomic E-state index is 0.0421. The van der Waals surface area contributed by atoms with E-state index < -0.39 is 0 Å². The average molecular weight is 1340 g/mol. The van der Waals surface area contributed by atoms with Crippen LogP contribution in [0.4, 0.5) is 0 Å². The number of hydrogen-bond donors (Lipinski definition) is 1. The Morgan fingerprint density at radius 3 is 1.38 bits per heavy atom. The fraction of sp³-hybridized carbons (Fsp3) is 0.521. The fourth-order valence-corrected chi connectivity index (χ4v) is 16.4. The molecule has 8 bridgehead atoms. The fourth-order valence-electron chi connectivity index (χ4n) is 15.3. The van der Waals surface area contributed by atoms with Crippen molar-refractivity contribution in [2.45, 2.75) is 168 Å². The highest BCUT2D eigenvalue weighted by molar-refractivity contribution is 14.1. The van der Waals surface area contributed by atoms with Crippen molar-refractivity contribution in [3.63, 3.8) is 0 Å². The van der Waals surface area contributed by atoms with Crippen LogP contribution in [0.2, 0.25) is 16.4 Å². The smallest absolute Gasteiger partial charge is 0.494 e. The number of methoxy groups -OCH3 is 2. The maximum Gasteiger partial charge on any atom is 0.494 e. The van der Waals surface area contributed by atoms with E-state index in [0.29, 0.717) is 46.1 Å². The van der Waals surface area contributed by atoms with Gasteiger partial charge in [0.05, 0.1) is 41.1 Å². The summed E-state index contributed by atoms with van der Waals surface area (Å²) < 4.78 is 38.2. The molecule has 14 rings (SSSR count). The van der Waals surface area contributed by atoms with E-state index in [1.54, 1.807) is 14.2 Å². The minimum Gasteiger partial charge on any atom is -0.506 e. The van der Waals surface area contributed by atoms with Gasteiger partial charge in [-0.05, 0) is 224 Å². The van der Waals surface area contributed by atoms with Crippen LogP contribution in [0.3, 0.4) is 0 Å². The SMILES string of the molecule is C/C=C/c1ccc(C(OC)=C2C3CC4CC(C3)CC2C4)c(Cl)c1O.C/C=C/c1ccc(C(OC)=C2C3CC4CC(C3)CC2C4)c(Cl)c1OCc1ccc(B2OC(C)(C)C(C)(C)O2)cc1.CC1(C)CB(c2ccc(CI)cc2)OC1(C)C.O=C=O.O=C=O. The lowest BCUT2D eigenvalue weighted by molar-refractivity contribution is -0.193. The number of carbonyl (C=O) groups excluding carboxylic acids is 4. The molecule has 0 radical (unpaired) electrons. The van der Waals surface area contributed by atoms with E-state index in [0.717, 1.165) is 79.2 Å². The molecule has 4 aromatic carbocycles. The molecule has 10 aliphatic rings. The first kappa shape index (κ1) is 68.0. The van der Waals surface area contributed by atoms with E-state index in [-0.39, 0.29) is 54.3 Å². The predicted molar refractivity (Wildman–Crippen MR) is 356 cm³/mol. The van der Waals surface area contributed by atoms with Crippen molar-refractivity contribution in [2.24, 2.45) is 52.8 Å². The van der Waals surface area contributed by atoms with Crippen LogP contribution in [0.5, 0.6) is 11.5 Å². The zero-order valence-corrected chi connectivity index (χ0v) is 56.5. The lowest BCUT2D eigenvalue weighted by Gasteiger charge is -2.51. The highest BCUT2D eigenvalue weighted by atomic mass is 127. The van der Waals surface area contributed by atoms with Crippen molar-refractivity contribution in [3.05, 3.63) is 140 Å². The van der Waals surface area contributed by atoms with Crippen molar-refractivity contribution in [3.8, 4) is 11.5 Å². The molecule has 0 amide bonds. The summed E-state index contributed by atoms with van der Waals surface area (Å²) in [5.74, 6) is 8.89. The van der Waals surface area contributed by atoms with Gasteiger partial charge in [-0.25, -0.2) is 0 Å². The second-order valence-electron chi connectivity index (χ2n) is 27.2.